The highest BCUT2D eigenvalue weighted by atomic mass is 19.4. The fraction of sp³-hybridized carbons (Fsp3) is 0.324. The first-order chi connectivity index (χ1) is 19.5. The average Bonchev–Trinajstić information content (AvgIpc) is 2.96. The molecule has 0 heterocycles. The summed E-state index contributed by atoms with van der Waals surface area (Å²) in [7, 11) is 0. The second kappa shape index (κ2) is 14.2. The van der Waals surface area contributed by atoms with Gasteiger partial charge in [0.2, 0.25) is 0 Å². The summed E-state index contributed by atoms with van der Waals surface area (Å²) in [6, 6.07) is 22.7. The highest BCUT2D eigenvalue weighted by molar-refractivity contribution is 5.70. The maximum absolute atomic E-state index is 13.8. The maximum Gasteiger partial charge on any atom is 0.416 e. The molecule has 0 aliphatic rings. The molecule has 3 rings (SSSR count). The van der Waals surface area contributed by atoms with Crippen molar-refractivity contribution in [3.05, 3.63) is 131 Å². The highest BCUT2D eigenvalue weighted by Crippen LogP contribution is 2.38. The molecular formula is C34H38F3NO3. The molecule has 4 nitrogen and oxygen atoms in total. The van der Waals surface area contributed by atoms with Crippen molar-refractivity contribution in [2.24, 2.45) is 0 Å². The van der Waals surface area contributed by atoms with Crippen LogP contribution in [0.15, 0.2) is 104 Å². The van der Waals surface area contributed by atoms with E-state index in [1.165, 1.54) is 0 Å². The van der Waals surface area contributed by atoms with Crippen LogP contribution in [0.5, 0.6) is 0 Å². The van der Waals surface area contributed by atoms with Crippen LogP contribution in [0.3, 0.4) is 0 Å². The molecule has 0 fully saturated rings. The van der Waals surface area contributed by atoms with Crippen molar-refractivity contribution >= 4 is 6.09 Å². The zero-order valence-corrected chi connectivity index (χ0v) is 23.9. The van der Waals surface area contributed by atoms with Crippen LogP contribution in [-0.4, -0.2) is 24.1 Å². The van der Waals surface area contributed by atoms with Gasteiger partial charge in [-0.2, -0.15) is 13.2 Å². The first-order valence-electron chi connectivity index (χ1n) is 13.6. The van der Waals surface area contributed by atoms with E-state index in [9.17, 15) is 18.0 Å². The smallest absolute Gasteiger partial charge is 0.416 e. The second-order valence-corrected chi connectivity index (χ2v) is 10.2. The number of halogens is 3. The standard InChI is InChI=1S/C34H38F3NO3/c1-6-18-33(30-16-12-9-13-17-30,24-41-27(5)29-19-26(4)20-31(21-29)34(35,36)37)38(22-25(3)7-2)32(39)40-23-28-14-10-8-11-15-28/h6,8-17,19-21,27H,1,3,7,18,22-24H2,2,4-5H3/t27-,33-/m1/s1. The van der Waals surface area contributed by atoms with Crippen LogP contribution in [0.2, 0.25) is 0 Å². The number of carbonyl (C=O) groups excluding carboxylic acids is 1. The lowest BCUT2D eigenvalue weighted by Crippen LogP contribution is -2.53. The van der Waals surface area contributed by atoms with Gasteiger partial charge in [0.1, 0.15) is 6.61 Å². The summed E-state index contributed by atoms with van der Waals surface area (Å²) in [6.45, 7) is 13.7. The van der Waals surface area contributed by atoms with E-state index in [0.717, 1.165) is 28.8 Å². The predicted molar refractivity (Wildman–Crippen MR) is 156 cm³/mol. The summed E-state index contributed by atoms with van der Waals surface area (Å²) in [4.78, 5) is 15.4. The molecule has 0 N–H and O–H groups in total. The number of alkyl halides is 3. The van der Waals surface area contributed by atoms with Gasteiger partial charge >= 0.3 is 12.3 Å². The Labute approximate surface area is 241 Å². The third-order valence-electron chi connectivity index (χ3n) is 7.09. The van der Waals surface area contributed by atoms with Crippen LogP contribution in [0.4, 0.5) is 18.0 Å². The molecule has 7 heteroatoms. The Bertz CT molecular complexity index is 1310. The molecule has 0 aliphatic carbocycles. The van der Waals surface area contributed by atoms with E-state index in [0.29, 0.717) is 24.0 Å². The number of ether oxygens (including phenoxy) is 2. The fourth-order valence-electron chi connectivity index (χ4n) is 4.68. The van der Waals surface area contributed by atoms with Crippen LogP contribution >= 0.6 is 0 Å². The van der Waals surface area contributed by atoms with Crippen LogP contribution in [0.1, 0.15) is 60.6 Å². The number of amides is 1. The van der Waals surface area contributed by atoms with Gasteiger partial charge in [-0.1, -0.05) is 97.4 Å². The Balaban J connectivity index is 2.02. The van der Waals surface area contributed by atoms with Crippen molar-refractivity contribution < 1.29 is 27.4 Å². The third kappa shape index (κ3) is 8.33. The Morgan fingerprint density at radius 2 is 1.63 bits per heavy atom. The summed E-state index contributed by atoms with van der Waals surface area (Å²) < 4.78 is 52.7. The molecule has 0 saturated heterocycles. The summed E-state index contributed by atoms with van der Waals surface area (Å²) in [5, 5.41) is 0. The monoisotopic (exact) mass is 565 g/mol. The van der Waals surface area contributed by atoms with Crippen LogP contribution in [0.25, 0.3) is 0 Å². The Hall–Kier alpha value is -3.84. The summed E-state index contributed by atoms with van der Waals surface area (Å²) in [6.07, 6.45) is -3.07. The number of hydrogen-bond acceptors (Lipinski definition) is 3. The lowest BCUT2D eigenvalue weighted by molar-refractivity contribution is -0.137. The second-order valence-electron chi connectivity index (χ2n) is 10.2. The van der Waals surface area contributed by atoms with E-state index in [4.69, 9.17) is 9.47 Å². The Kier molecular flexibility index (Phi) is 11.0. The van der Waals surface area contributed by atoms with Gasteiger partial charge in [-0.05, 0) is 55.5 Å². The van der Waals surface area contributed by atoms with Crippen LogP contribution in [-0.2, 0) is 27.8 Å². The van der Waals surface area contributed by atoms with Crippen molar-refractivity contribution in [1.82, 2.24) is 4.90 Å². The molecule has 0 spiro atoms. The number of benzene rings is 3. The molecular weight excluding hydrogens is 527 g/mol. The number of carbonyl (C=O) groups is 1. The molecule has 3 aromatic carbocycles. The minimum absolute atomic E-state index is 0.0169. The minimum atomic E-state index is -4.48. The Morgan fingerprint density at radius 3 is 2.22 bits per heavy atom. The van der Waals surface area contributed by atoms with Crippen molar-refractivity contribution in [2.45, 2.75) is 58.0 Å². The molecule has 0 radical (unpaired) electrons. The third-order valence-corrected chi connectivity index (χ3v) is 7.09. The lowest BCUT2D eigenvalue weighted by Gasteiger charge is -2.44. The molecule has 3 aromatic rings. The van der Waals surface area contributed by atoms with Gasteiger partial charge < -0.3 is 9.47 Å². The van der Waals surface area contributed by atoms with Gasteiger partial charge in [0.15, 0.2) is 0 Å². The first kappa shape index (κ1) is 31.7. The van der Waals surface area contributed by atoms with Crippen molar-refractivity contribution in [1.29, 1.82) is 0 Å². The Morgan fingerprint density at radius 1 is 1.00 bits per heavy atom. The molecule has 0 unspecified atom stereocenters. The molecule has 0 saturated carbocycles. The number of hydrogen-bond donors (Lipinski definition) is 0. The van der Waals surface area contributed by atoms with E-state index in [1.54, 1.807) is 30.9 Å². The quantitative estimate of drug-likeness (QED) is 0.194. The highest BCUT2D eigenvalue weighted by Gasteiger charge is 2.42. The number of rotatable bonds is 13. The lowest BCUT2D eigenvalue weighted by atomic mass is 9.84. The molecule has 41 heavy (non-hydrogen) atoms. The zero-order chi connectivity index (χ0) is 30.0. The summed E-state index contributed by atoms with van der Waals surface area (Å²) in [5.41, 5.74) is 1.52. The molecule has 0 aliphatic heterocycles. The van der Waals surface area contributed by atoms with Crippen molar-refractivity contribution in [3.8, 4) is 0 Å². The fourth-order valence-corrected chi connectivity index (χ4v) is 4.68. The van der Waals surface area contributed by atoms with Gasteiger partial charge in [-0.25, -0.2) is 4.79 Å². The van der Waals surface area contributed by atoms with Gasteiger partial charge in [-0.15, -0.1) is 6.58 Å². The van der Waals surface area contributed by atoms with E-state index >= 15 is 0 Å². The molecule has 0 aromatic heterocycles. The summed E-state index contributed by atoms with van der Waals surface area (Å²) >= 11 is 0. The van der Waals surface area contributed by atoms with Gasteiger partial charge in [0.05, 0.1) is 23.8 Å². The topological polar surface area (TPSA) is 38.8 Å². The SMILES string of the molecule is C=CC[C@@](CO[C@H](C)c1cc(C)cc(C(F)(F)F)c1)(c1ccccc1)N(CC(=C)CC)C(=O)OCc1ccccc1. The molecule has 1 amide bonds. The van der Waals surface area contributed by atoms with Gasteiger partial charge in [0.25, 0.3) is 0 Å². The predicted octanol–water partition coefficient (Wildman–Crippen LogP) is 9.17. The molecule has 2 atom stereocenters. The van der Waals surface area contributed by atoms with Gasteiger partial charge in [0, 0.05) is 6.54 Å². The normalized spacial score (nSPS) is 13.6. The van der Waals surface area contributed by atoms with Crippen molar-refractivity contribution in [2.75, 3.05) is 13.2 Å². The number of nitrogens with zero attached hydrogens (tertiary/aromatic N) is 1. The molecule has 218 valence electrons. The van der Waals surface area contributed by atoms with Gasteiger partial charge in [-0.3, -0.25) is 4.90 Å². The maximum atomic E-state index is 13.8. The largest absolute Gasteiger partial charge is 0.445 e. The van der Waals surface area contributed by atoms with E-state index in [1.807, 2.05) is 67.6 Å². The van der Waals surface area contributed by atoms with Crippen LogP contribution < -0.4 is 0 Å². The van der Waals surface area contributed by atoms with Crippen LogP contribution in [0, 0.1) is 6.92 Å². The van der Waals surface area contributed by atoms with Crippen molar-refractivity contribution in [3.63, 3.8) is 0 Å². The molecule has 0 bridgehead atoms. The van der Waals surface area contributed by atoms with E-state index in [2.05, 4.69) is 13.2 Å². The van der Waals surface area contributed by atoms with E-state index < -0.39 is 29.5 Å². The summed E-state index contributed by atoms with van der Waals surface area (Å²) in [5.74, 6) is 0. The average molecular weight is 566 g/mol. The number of aryl methyl sites for hydroxylation is 1. The first-order valence-corrected chi connectivity index (χ1v) is 13.6. The minimum Gasteiger partial charge on any atom is -0.445 e. The zero-order valence-electron chi connectivity index (χ0n) is 23.9. The van der Waals surface area contributed by atoms with E-state index in [-0.39, 0.29) is 19.8 Å².